The van der Waals surface area contributed by atoms with Crippen LogP contribution < -0.4 is 4.78 Å². The lowest BCUT2D eigenvalue weighted by atomic mass is 9.90. The fraction of sp³-hybridized carbons (Fsp3) is 0. The Labute approximate surface area is 228 Å². The van der Waals surface area contributed by atoms with E-state index in [2.05, 4.69) is 129 Å². The molecule has 0 saturated carbocycles. The molecule has 0 atom stereocenters. The lowest BCUT2D eigenvalue weighted by Gasteiger charge is -2.01. The van der Waals surface area contributed by atoms with E-state index in [1.165, 1.54) is 39.4 Å². The number of hydrogen-bond donors (Lipinski definition) is 2. The molecule has 162 valence electrons. The minimum Gasteiger partial charge on any atom is -0.423 e. The van der Waals surface area contributed by atoms with Crippen molar-refractivity contribution >= 4 is 91.1 Å². The van der Waals surface area contributed by atoms with Gasteiger partial charge in [-0.05, 0) is 109 Å². The van der Waals surface area contributed by atoms with E-state index in [4.69, 9.17) is 10.0 Å². The van der Waals surface area contributed by atoms with Crippen LogP contribution in [0.2, 0.25) is 0 Å². The Hall–Kier alpha value is -1.02. The Bertz CT molecular complexity index is 1110. The molecule has 2 N–H and O–H groups in total. The maximum Gasteiger partial charge on any atom is 0.499 e. The minimum absolute atomic E-state index is 0.588. The van der Waals surface area contributed by atoms with Crippen LogP contribution in [-0.4, -0.2) is 17.2 Å². The molecule has 0 aliphatic carbocycles. The highest BCUT2D eigenvalue weighted by atomic mass is 127. The largest absolute Gasteiger partial charge is 0.499 e. The van der Waals surface area contributed by atoms with Crippen molar-refractivity contribution in [2.75, 3.05) is 0 Å². The van der Waals surface area contributed by atoms with Gasteiger partial charge in [-0.3, -0.25) is 0 Å². The highest BCUT2D eigenvalue weighted by Gasteiger charge is 2.09. The minimum atomic E-state index is -1.30. The molecular weight excluding hydrogens is 681 g/mol. The van der Waals surface area contributed by atoms with Crippen LogP contribution >= 0.6 is 79.2 Å². The van der Waals surface area contributed by atoms with Crippen LogP contribution in [-0.2, 0) is 0 Å². The Kier molecular flexibility index (Phi) is 10.9. The first-order valence-corrected chi connectivity index (χ1v) is 14.3. The SMILES string of the molecule is Ic1cccc(I)c1.OB(O)c1cccs1.c1cc(-c2cccs2)cc(-c2cccs2)c1. The van der Waals surface area contributed by atoms with E-state index < -0.39 is 7.12 Å². The summed E-state index contributed by atoms with van der Waals surface area (Å²) in [5.41, 5.74) is 2.61. The van der Waals surface area contributed by atoms with Crippen molar-refractivity contribution in [3.63, 3.8) is 0 Å². The summed E-state index contributed by atoms with van der Waals surface area (Å²) < 4.78 is 3.19. The second kappa shape index (κ2) is 13.6. The molecule has 0 bridgehead atoms. The van der Waals surface area contributed by atoms with Crippen LogP contribution in [0.25, 0.3) is 20.9 Å². The second-order valence-corrected chi connectivity index (χ2v) is 11.7. The zero-order valence-corrected chi connectivity index (χ0v) is 23.5. The van der Waals surface area contributed by atoms with Crippen LogP contribution in [0.4, 0.5) is 0 Å². The Morgan fingerprint density at radius 2 is 1.06 bits per heavy atom. The molecular formula is C24H19BI2O2S3. The number of rotatable bonds is 3. The van der Waals surface area contributed by atoms with Gasteiger partial charge in [-0.25, -0.2) is 0 Å². The van der Waals surface area contributed by atoms with Gasteiger partial charge in [0.05, 0.1) is 0 Å². The van der Waals surface area contributed by atoms with Crippen molar-refractivity contribution in [2.45, 2.75) is 0 Å². The molecule has 0 radical (unpaired) electrons. The lowest BCUT2D eigenvalue weighted by Crippen LogP contribution is -2.26. The third-order valence-electron chi connectivity index (χ3n) is 4.06. The summed E-state index contributed by atoms with van der Waals surface area (Å²) >= 11 is 9.50. The predicted octanol–water partition coefficient (Wildman–Crippen LogP) is 7.47. The van der Waals surface area contributed by atoms with Gasteiger partial charge in [0.25, 0.3) is 0 Å². The molecule has 0 spiro atoms. The van der Waals surface area contributed by atoms with E-state index in [1.54, 1.807) is 40.2 Å². The molecule has 0 unspecified atom stereocenters. The molecule has 2 nitrogen and oxygen atoms in total. The van der Waals surface area contributed by atoms with Gasteiger partial charge in [-0.15, -0.1) is 22.7 Å². The van der Waals surface area contributed by atoms with Crippen LogP contribution in [0.1, 0.15) is 0 Å². The molecule has 0 aliphatic heterocycles. The summed E-state index contributed by atoms with van der Waals surface area (Å²) in [5, 5.41) is 23.0. The van der Waals surface area contributed by atoms with E-state index in [-0.39, 0.29) is 0 Å². The zero-order chi connectivity index (χ0) is 22.8. The van der Waals surface area contributed by atoms with Crippen molar-refractivity contribution in [1.29, 1.82) is 0 Å². The topological polar surface area (TPSA) is 40.5 Å². The summed E-state index contributed by atoms with van der Waals surface area (Å²) in [5.74, 6) is 0. The summed E-state index contributed by atoms with van der Waals surface area (Å²) in [7, 11) is -1.30. The molecule has 5 aromatic rings. The van der Waals surface area contributed by atoms with Gasteiger partial charge in [0.2, 0.25) is 0 Å². The summed E-state index contributed by atoms with van der Waals surface area (Å²) in [4.78, 5) is 2.66. The first-order chi connectivity index (χ1) is 15.5. The Morgan fingerprint density at radius 1 is 0.562 bits per heavy atom. The van der Waals surface area contributed by atoms with Crippen LogP contribution in [0.15, 0.2) is 101 Å². The maximum absolute atomic E-state index is 8.48. The summed E-state index contributed by atoms with van der Waals surface area (Å²) in [6, 6.07) is 29.1. The molecule has 2 aromatic carbocycles. The van der Waals surface area contributed by atoms with E-state index >= 15 is 0 Å². The first-order valence-electron chi connectivity index (χ1n) is 9.51. The zero-order valence-electron chi connectivity index (χ0n) is 16.8. The van der Waals surface area contributed by atoms with Gasteiger partial charge < -0.3 is 10.0 Å². The lowest BCUT2D eigenvalue weighted by molar-refractivity contribution is 0.427. The fourth-order valence-corrected chi connectivity index (χ4v) is 6.33. The average Bonchev–Trinajstić information content (AvgIpc) is 3.59. The number of hydrogen-bond acceptors (Lipinski definition) is 5. The van der Waals surface area contributed by atoms with Gasteiger partial charge in [0.1, 0.15) is 0 Å². The highest BCUT2D eigenvalue weighted by Crippen LogP contribution is 2.30. The van der Waals surface area contributed by atoms with E-state index in [0.29, 0.717) is 4.78 Å². The molecule has 8 heteroatoms. The molecule has 0 saturated heterocycles. The number of halogens is 2. The maximum atomic E-state index is 8.48. The van der Waals surface area contributed by atoms with Gasteiger partial charge >= 0.3 is 7.12 Å². The third-order valence-corrected chi connectivity index (χ3v) is 8.15. The standard InChI is InChI=1S/C14H10S2.C6H4I2.C4H5BO2S/c1-4-11(13-6-2-8-15-13)10-12(5-1)14-7-3-9-16-14;7-5-2-1-3-6(8)4-5;6-5(7)4-2-1-3-8-4/h1-10H;1-4H;1-3,6-7H. The van der Waals surface area contributed by atoms with Crippen LogP contribution in [0.5, 0.6) is 0 Å². The molecule has 3 heterocycles. The quantitative estimate of drug-likeness (QED) is 0.152. The Morgan fingerprint density at radius 3 is 1.41 bits per heavy atom. The molecule has 0 amide bonds. The van der Waals surface area contributed by atoms with Crippen molar-refractivity contribution < 1.29 is 10.0 Å². The molecule has 0 aliphatic rings. The first kappa shape index (κ1) is 25.6. The van der Waals surface area contributed by atoms with Crippen LogP contribution in [0, 0.1) is 7.14 Å². The van der Waals surface area contributed by atoms with Crippen LogP contribution in [0.3, 0.4) is 0 Å². The van der Waals surface area contributed by atoms with Crippen molar-refractivity contribution in [3.05, 3.63) is 108 Å². The number of thiophene rings is 3. The van der Waals surface area contributed by atoms with Crippen molar-refractivity contribution in [1.82, 2.24) is 0 Å². The third kappa shape index (κ3) is 8.40. The fourth-order valence-electron chi connectivity index (χ4n) is 2.61. The van der Waals surface area contributed by atoms with Gasteiger partial charge in [0, 0.05) is 21.7 Å². The molecule has 0 fully saturated rings. The van der Waals surface area contributed by atoms with Gasteiger partial charge in [0.15, 0.2) is 0 Å². The van der Waals surface area contributed by atoms with Gasteiger partial charge in [-0.2, -0.15) is 11.3 Å². The summed E-state index contributed by atoms with van der Waals surface area (Å²) in [6.07, 6.45) is 0. The van der Waals surface area contributed by atoms with Gasteiger partial charge in [-0.1, -0.05) is 48.5 Å². The smallest absolute Gasteiger partial charge is 0.423 e. The second-order valence-electron chi connectivity index (χ2n) is 6.36. The highest BCUT2D eigenvalue weighted by molar-refractivity contribution is 14.1. The van der Waals surface area contributed by atoms with E-state index in [0.717, 1.165) is 0 Å². The molecule has 5 rings (SSSR count). The summed E-state index contributed by atoms with van der Waals surface area (Å²) in [6.45, 7) is 0. The molecule has 3 aromatic heterocycles. The normalized spacial score (nSPS) is 9.88. The Balaban J connectivity index is 0.000000152. The monoisotopic (exact) mass is 700 g/mol. The van der Waals surface area contributed by atoms with E-state index in [1.807, 2.05) is 0 Å². The average molecular weight is 700 g/mol. The molecule has 32 heavy (non-hydrogen) atoms. The van der Waals surface area contributed by atoms with E-state index in [9.17, 15) is 0 Å². The number of benzene rings is 2. The van der Waals surface area contributed by atoms with Crippen molar-refractivity contribution in [3.8, 4) is 20.9 Å². The predicted molar refractivity (Wildman–Crippen MR) is 159 cm³/mol. The van der Waals surface area contributed by atoms with Crippen molar-refractivity contribution in [2.24, 2.45) is 0 Å².